The summed E-state index contributed by atoms with van der Waals surface area (Å²) in [4.78, 5) is 0. The van der Waals surface area contributed by atoms with Crippen LogP contribution in [0.3, 0.4) is 0 Å². The summed E-state index contributed by atoms with van der Waals surface area (Å²) in [5.74, 6) is 0. The molecule has 0 nitrogen and oxygen atoms in total. The lowest BCUT2D eigenvalue weighted by molar-refractivity contribution is -0.303. The monoisotopic (exact) mass is 544 g/mol. The molecule has 200 valence electrons. The van der Waals surface area contributed by atoms with Gasteiger partial charge in [0.1, 0.15) is 0 Å². The van der Waals surface area contributed by atoms with E-state index >= 15 is 0 Å². The van der Waals surface area contributed by atoms with Gasteiger partial charge in [0.05, 0.1) is 0 Å². The molecule has 0 spiro atoms. The van der Waals surface area contributed by atoms with Gasteiger partial charge < -0.3 is 0 Å². The SMILES string of the molecule is FC(F)(F)C(Cc1ccccc1)(c1ccc(C(c2ccccc2)(C(F)(F)F)C(F)(F)F)cc1)C(F)(F)F. The van der Waals surface area contributed by atoms with Gasteiger partial charge in [0.2, 0.25) is 5.41 Å². The van der Waals surface area contributed by atoms with Crippen LogP contribution in [0.25, 0.3) is 0 Å². The normalized spacial score (nSPS) is 14.1. The first-order valence-corrected chi connectivity index (χ1v) is 10.4. The number of benzene rings is 3. The van der Waals surface area contributed by atoms with Crippen molar-refractivity contribution in [2.45, 2.75) is 42.0 Å². The fourth-order valence-electron chi connectivity index (χ4n) is 4.37. The molecule has 12 heteroatoms. The second-order valence-corrected chi connectivity index (χ2v) is 8.25. The summed E-state index contributed by atoms with van der Waals surface area (Å²) in [5.41, 5.74) is -14.1. The molecule has 0 aliphatic heterocycles. The van der Waals surface area contributed by atoms with Crippen molar-refractivity contribution in [2.24, 2.45) is 0 Å². The molecule has 0 amide bonds. The van der Waals surface area contributed by atoms with Crippen LogP contribution in [-0.2, 0) is 17.3 Å². The maximum Gasteiger partial charge on any atom is 0.411 e. The number of alkyl halides is 12. The van der Waals surface area contributed by atoms with Crippen molar-refractivity contribution < 1.29 is 52.7 Å². The highest BCUT2D eigenvalue weighted by atomic mass is 19.4. The molecule has 0 heterocycles. The predicted molar refractivity (Wildman–Crippen MR) is 110 cm³/mol. The second kappa shape index (κ2) is 9.29. The molecule has 0 aliphatic rings. The van der Waals surface area contributed by atoms with E-state index in [0.29, 0.717) is 12.1 Å². The van der Waals surface area contributed by atoms with Crippen molar-refractivity contribution in [3.05, 3.63) is 107 Å². The minimum Gasteiger partial charge on any atom is -0.170 e. The average molecular weight is 544 g/mol. The Morgan fingerprint density at radius 2 is 0.730 bits per heavy atom. The zero-order chi connectivity index (χ0) is 27.9. The lowest BCUT2D eigenvalue weighted by atomic mass is 9.70. The van der Waals surface area contributed by atoms with Crippen molar-refractivity contribution in [1.82, 2.24) is 0 Å². The van der Waals surface area contributed by atoms with Crippen LogP contribution in [-0.4, -0.2) is 24.7 Å². The van der Waals surface area contributed by atoms with Gasteiger partial charge in [-0.15, -0.1) is 0 Å². The van der Waals surface area contributed by atoms with Crippen molar-refractivity contribution >= 4 is 0 Å². The summed E-state index contributed by atoms with van der Waals surface area (Å²) in [6.45, 7) is 0. The number of hydrogen-bond acceptors (Lipinski definition) is 0. The number of halogens is 12. The third kappa shape index (κ3) is 4.66. The van der Waals surface area contributed by atoms with Gasteiger partial charge in [-0.25, -0.2) is 0 Å². The van der Waals surface area contributed by atoms with Crippen LogP contribution in [0.2, 0.25) is 0 Å². The maximum absolute atomic E-state index is 14.2. The van der Waals surface area contributed by atoms with Gasteiger partial charge in [0.25, 0.3) is 0 Å². The van der Waals surface area contributed by atoms with Gasteiger partial charge >= 0.3 is 24.7 Å². The Labute approximate surface area is 202 Å². The van der Waals surface area contributed by atoms with Gasteiger partial charge in [-0.1, -0.05) is 84.9 Å². The molecule has 0 N–H and O–H groups in total. The Bertz CT molecular complexity index is 1140. The van der Waals surface area contributed by atoms with Crippen LogP contribution < -0.4 is 0 Å². The fraction of sp³-hybridized carbons (Fsp3) is 0.280. The molecular formula is C25H16F12. The Hall–Kier alpha value is -3.18. The van der Waals surface area contributed by atoms with E-state index in [-0.39, 0.29) is 24.3 Å². The summed E-state index contributed by atoms with van der Waals surface area (Å²) < 4.78 is 170. The van der Waals surface area contributed by atoms with Crippen molar-refractivity contribution in [1.29, 1.82) is 0 Å². The zero-order valence-electron chi connectivity index (χ0n) is 18.3. The Morgan fingerprint density at radius 1 is 0.378 bits per heavy atom. The summed E-state index contributed by atoms with van der Waals surface area (Å²) in [5, 5.41) is 0. The lowest BCUT2D eigenvalue weighted by Gasteiger charge is -2.40. The largest absolute Gasteiger partial charge is 0.411 e. The van der Waals surface area contributed by atoms with Crippen LogP contribution in [0.5, 0.6) is 0 Å². The van der Waals surface area contributed by atoms with Crippen LogP contribution in [0.1, 0.15) is 22.3 Å². The Balaban J connectivity index is 2.32. The maximum atomic E-state index is 14.2. The Morgan fingerprint density at radius 3 is 1.11 bits per heavy atom. The topological polar surface area (TPSA) is 0 Å². The molecule has 3 aromatic rings. The quantitative estimate of drug-likeness (QED) is 0.282. The third-order valence-corrected chi connectivity index (χ3v) is 6.15. The van der Waals surface area contributed by atoms with Crippen LogP contribution >= 0.6 is 0 Å². The zero-order valence-corrected chi connectivity index (χ0v) is 18.3. The number of rotatable bonds is 5. The van der Waals surface area contributed by atoms with Crippen LogP contribution in [0.15, 0.2) is 84.9 Å². The lowest BCUT2D eigenvalue weighted by Crippen LogP contribution is -2.56. The van der Waals surface area contributed by atoms with E-state index in [0.717, 1.165) is 30.3 Å². The molecule has 3 rings (SSSR count). The summed E-state index contributed by atoms with van der Waals surface area (Å²) in [6, 6.07) is 9.79. The average Bonchev–Trinajstić information content (AvgIpc) is 2.76. The molecule has 0 aromatic heterocycles. The molecule has 0 saturated heterocycles. The molecule has 0 fully saturated rings. The first-order valence-electron chi connectivity index (χ1n) is 10.4. The van der Waals surface area contributed by atoms with E-state index in [1.54, 1.807) is 0 Å². The highest BCUT2D eigenvalue weighted by Gasteiger charge is 2.73. The van der Waals surface area contributed by atoms with Gasteiger partial charge in [0, 0.05) is 0 Å². The first-order chi connectivity index (χ1) is 16.9. The van der Waals surface area contributed by atoms with Crippen molar-refractivity contribution in [3.8, 4) is 0 Å². The van der Waals surface area contributed by atoms with E-state index in [4.69, 9.17) is 0 Å². The second-order valence-electron chi connectivity index (χ2n) is 8.25. The molecule has 0 aliphatic carbocycles. The van der Waals surface area contributed by atoms with E-state index < -0.39 is 64.2 Å². The molecule has 3 aromatic carbocycles. The fourth-order valence-corrected chi connectivity index (χ4v) is 4.37. The van der Waals surface area contributed by atoms with E-state index in [1.807, 2.05) is 0 Å². The summed E-state index contributed by atoms with van der Waals surface area (Å²) in [7, 11) is 0. The highest BCUT2D eigenvalue weighted by molar-refractivity contribution is 5.46. The molecule has 0 unspecified atom stereocenters. The van der Waals surface area contributed by atoms with Crippen molar-refractivity contribution in [2.75, 3.05) is 0 Å². The van der Waals surface area contributed by atoms with Gasteiger partial charge in [-0.05, 0) is 28.7 Å². The Kier molecular flexibility index (Phi) is 7.13. The third-order valence-electron chi connectivity index (χ3n) is 6.15. The minimum absolute atomic E-state index is 0.0144. The van der Waals surface area contributed by atoms with Gasteiger partial charge in [0.15, 0.2) is 5.41 Å². The smallest absolute Gasteiger partial charge is 0.170 e. The number of hydrogen-bond donors (Lipinski definition) is 0. The molecular weight excluding hydrogens is 528 g/mol. The molecule has 0 radical (unpaired) electrons. The van der Waals surface area contributed by atoms with E-state index in [1.165, 1.54) is 18.2 Å². The molecule has 0 atom stereocenters. The van der Waals surface area contributed by atoms with Crippen LogP contribution in [0, 0.1) is 0 Å². The summed E-state index contributed by atoms with van der Waals surface area (Å²) >= 11 is 0. The van der Waals surface area contributed by atoms with Crippen LogP contribution in [0.4, 0.5) is 52.7 Å². The molecule has 0 saturated carbocycles. The standard InChI is InChI=1S/C25H16F12/c26-22(27,28)20(23(29,30)31,15-16-7-3-1-4-8-16)17-11-13-19(14-12-17)21(24(32,33)34,25(35,36)37)18-9-5-2-6-10-18/h1-14H,15H2. The first kappa shape index (κ1) is 28.4. The van der Waals surface area contributed by atoms with Gasteiger partial charge in [-0.3, -0.25) is 0 Å². The van der Waals surface area contributed by atoms with Gasteiger partial charge in [-0.2, -0.15) is 52.7 Å². The van der Waals surface area contributed by atoms with E-state index in [2.05, 4.69) is 0 Å². The minimum atomic E-state index is -6.05. The van der Waals surface area contributed by atoms with Crippen molar-refractivity contribution in [3.63, 3.8) is 0 Å². The van der Waals surface area contributed by atoms with E-state index in [9.17, 15) is 52.7 Å². The molecule has 37 heavy (non-hydrogen) atoms. The molecule has 0 bridgehead atoms. The summed E-state index contributed by atoms with van der Waals surface area (Å²) in [6.07, 6.45) is -25.8. The predicted octanol–water partition coefficient (Wildman–Crippen LogP) is 8.70. The highest BCUT2D eigenvalue weighted by Crippen LogP contribution is 2.58.